The van der Waals surface area contributed by atoms with Crippen molar-refractivity contribution in [3.8, 4) is 5.88 Å². The zero-order valence-electron chi connectivity index (χ0n) is 11.1. The van der Waals surface area contributed by atoms with E-state index in [2.05, 4.69) is 9.97 Å². The van der Waals surface area contributed by atoms with E-state index in [-0.39, 0.29) is 6.42 Å². The van der Waals surface area contributed by atoms with Gasteiger partial charge in [-0.25, -0.2) is 9.97 Å². The van der Waals surface area contributed by atoms with Crippen LogP contribution in [0, 0.1) is 0 Å². The van der Waals surface area contributed by atoms with Crippen LogP contribution in [0.1, 0.15) is 32.6 Å². The zero-order chi connectivity index (χ0) is 13.7. The number of ether oxygens (including phenoxy) is 1. The maximum atomic E-state index is 10.7. The van der Waals surface area contributed by atoms with Crippen LogP contribution >= 0.6 is 0 Å². The second kappa shape index (κ2) is 6.36. The molecule has 0 amide bonds. The summed E-state index contributed by atoms with van der Waals surface area (Å²) in [5, 5.41) is 8.80. The fourth-order valence-corrected chi connectivity index (χ4v) is 1.86. The van der Waals surface area contributed by atoms with E-state index in [1.165, 1.54) is 6.33 Å². The molecule has 1 heterocycles. The molecule has 1 aliphatic rings. The summed E-state index contributed by atoms with van der Waals surface area (Å²) in [4.78, 5) is 21.0. The first-order valence-corrected chi connectivity index (χ1v) is 6.64. The molecular formula is C13H19N3O3. The van der Waals surface area contributed by atoms with Crippen LogP contribution in [0.5, 0.6) is 5.88 Å². The van der Waals surface area contributed by atoms with Crippen LogP contribution in [-0.4, -0.2) is 40.2 Å². The van der Waals surface area contributed by atoms with Crippen LogP contribution in [0.25, 0.3) is 0 Å². The number of carboxylic acids is 1. The Hall–Kier alpha value is -1.85. The minimum Gasteiger partial charge on any atom is -0.481 e. The summed E-state index contributed by atoms with van der Waals surface area (Å²) in [6.07, 6.45) is 4.69. The van der Waals surface area contributed by atoms with Crippen molar-refractivity contribution in [2.75, 3.05) is 18.1 Å². The van der Waals surface area contributed by atoms with Gasteiger partial charge in [-0.15, -0.1) is 0 Å². The molecule has 1 N–H and O–H groups in total. The van der Waals surface area contributed by atoms with E-state index in [0.717, 1.165) is 25.1 Å². The SMILES string of the molecule is CCCOc1cc(N(CCC(=O)O)C2CC2)ncn1. The molecule has 104 valence electrons. The molecule has 19 heavy (non-hydrogen) atoms. The fourth-order valence-electron chi connectivity index (χ4n) is 1.86. The Kier molecular flexibility index (Phi) is 4.54. The van der Waals surface area contributed by atoms with E-state index in [9.17, 15) is 4.79 Å². The van der Waals surface area contributed by atoms with Gasteiger partial charge in [0.25, 0.3) is 0 Å². The Balaban J connectivity index is 2.05. The highest BCUT2D eigenvalue weighted by atomic mass is 16.5. The molecule has 0 aliphatic heterocycles. The van der Waals surface area contributed by atoms with E-state index in [1.54, 1.807) is 6.07 Å². The van der Waals surface area contributed by atoms with Crippen molar-refractivity contribution in [3.63, 3.8) is 0 Å². The minimum atomic E-state index is -0.790. The summed E-state index contributed by atoms with van der Waals surface area (Å²) in [6, 6.07) is 2.20. The van der Waals surface area contributed by atoms with Gasteiger partial charge in [0.05, 0.1) is 13.0 Å². The number of hydrogen-bond donors (Lipinski definition) is 1. The third kappa shape index (κ3) is 4.08. The summed E-state index contributed by atoms with van der Waals surface area (Å²) in [5.41, 5.74) is 0. The molecule has 0 saturated heterocycles. The number of rotatable bonds is 8. The Morgan fingerprint density at radius 2 is 2.32 bits per heavy atom. The standard InChI is InChI=1S/C13H19N3O3/c1-2-7-19-12-8-11(14-9-15-12)16(10-3-4-10)6-5-13(17)18/h8-10H,2-7H2,1H3,(H,17,18). The summed E-state index contributed by atoms with van der Waals surface area (Å²) in [6.45, 7) is 3.13. The number of carbonyl (C=O) groups is 1. The summed E-state index contributed by atoms with van der Waals surface area (Å²) < 4.78 is 5.48. The predicted molar refractivity (Wildman–Crippen MR) is 70.4 cm³/mol. The molecule has 1 fully saturated rings. The van der Waals surface area contributed by atoms with Crippen molar-refractivity contribution < 1.29 is 14.6 Å². The molecule has 0 bridgehead atoms. The third-order valence-electron chi connectivity index (χ3n) is 2.93. The summed E-state index contributed by atoms with van der Waals surface area (Å²) in [5.74, 6) is 0.514. The molecule has 1 aliphatic carbocycles. The van der Waals surface area contributed by atoms with Crippen molar-refractivity contribution in [2.24, 2.45) is 0 Å². The van der Waals surface area contributed by atoms with E-state index >= 15 is 0 Å². The highest BCUT2D eigenvalue weighted by Gasteiger charge is 2.30. The first kappa shape index (κ1) is 13.6. The Bertz CT molecular complexity index is 435. The van der Waals surface area contributed by atoms with E-state index in [0.29, 0.717) is 25.1 Å². The normalized spacial score (nSPS) is 14.2. The molecular weight excluding hydrogens is 246 g/mol. The minimum absolute atomic E-state index is 0.117. The van der Waals surface area contributed by atoms with Crippen LogP contribution < -0.4 is 9.64 Å². The molecule has 6 nitrogen and oxygen atoms in total. The average Bonchev–Trinajstić information content (AvgIpc) is 3.21. The van der Waals surface area contributed by atoms with Crippen LogP contribution in [-0.2, 0) is 4.79 Å². The average molecular weight is 265 g/mol. The lowest BCUT2D eigenvalue weighted by Gasteiger charge is -2.22. The predicted octanol–water partition coefficient (Wildman–Crippen LogP) is 1.71. The van der Waals surface area contributed by atoms with E-state index in [4.69, 9.17) is 9.84 Å². The monoisotopic (exact) mass is 265 g/mol. The Morgan fingerprint density at radius 3 is 2.95 bits per heavy atom. The molecule has 6 heteroatoms. The van der Waals surface area contributed by atoms with Gasteiger partial charge in [0.15, 0.2) is 0 Å². The Morgan fingerprint density at radius 1 is 1.53 bits per heavy atom. The van der Waals surface area contributed by atoms with Crippen molar-refractivity contribution in [1.29, 1.82) is 0 Å². The van der Waals surface area contributed by atoms with Crippen molar-refractivity contribution in [3.05, 3.63) is 12.4 Å². The second-order valence-electron chi connectivity index (χ2n) is 4.63. The third-order valence-corrected chi connectivity index (χ3v) is 2.93. The lowest BCUT2D eigenvalue weighted by molar-refractivity contribution is -0.136. The molecule has 0 atom stereocenters. The largest absolute Gasteiger partial charge is 0.481 e. The highest BCUT2D eigenvalue weighted by molar-refractivity contribution is 5.67. The van der Waals surface area contributed by atoms with E-state index in [1.807, 2.05) is 11.8 Å². The molecule has 1 aromatic heterocycles. The van der Waals surface area contributed by atoms with Gasteiger partial charge in [-0.1, -0.05) is 6.92 Å². The number of anilines is 1. The fraction of sp³-hybridized carbons (Fsp3) is 0.615. The lowest BCUT2D eigenvalue weighted by Crippen LogP contribution is -2.29. The van der Waals surface area contributed by atoms with Gasteiger partial charge in [-0.2, -0.15) is 0 Å². The molecule has 1 saturated carbocycles. The number of aromatic nitrogens is 2. The second-order valence-corrected chi connectivity index (χ2v) is 4.63. The maximum Gasteiger partial charge on any atom is 0.305 e. The molecule has 1 aromatic rings. The number of aliphatic carboxylic acids is 1. The quantitative estimate of drug-likeness (QED) is 0.771. The summed E-state index contributed by atoms with van der Waals surface area (Å²) in [7, 11) is 0. The first-order chi connectivity index (χ1) is 9.20. The highest BCUT2D eigenvalue weighted by Crippen LogP contribution is 2.31. The zero-order valence-corrected chi connectivity index (χ0v) is 11.1. The van der Waals surface area contributed by atoms with Crippen LogP contribution in [0.3, 0.4) is 0 Å². The first-order valence-electron chi connectivity index (χ1n) is 6.64. The van der Waals surface area contributed by atoms with Crippen molar-refractivity contribution in [1.82, 2.24) is 9.97 Å². The van der Waals surface area contributed by atoms with E-state index < -0.39 is 5.97 Å². The summed E-state index contributed by atoms with van der Waals surface area (Å²) >= 11 is 0. The van der Waals surface area contributed by atoms with Gasteiger partial charge in [0.2, 0.25) is 5.88 Å². The van der Waals surface area contributed by atoms with Crippen LogP contribution in [0.15, 0.2) is 12.4 Å². The maximum absolute atomic E-state index is 10.7. The van der Waals surface area contributed by atoms with Gasteiger partial charge in [-0.05, 0) is 19.3 Å². The molecule has 0 spiro atoms. The van der Waals surface area contributed by atoms with Crippen molar-refractivity contribution >= 4 is 11.8 Å². The number of nitrogens with zero attached hydrogens (tertiary/aromatic N) is 3. The van der Waals surface area contributed by atoms with Gasteiger partial charge >= 0.3 is 5.97 Å². The molecule has 0 unspecified atom stereocenters. The molecule has 0 radical (unpaired) electrons. The van der Waals surface area contributed by atoms with Crippen molar-refractivity contribution in [2.45, 2.75) is 38.6 Å². The molecule has 2 rings (SSSR count). The van der Waals surface area contributed by atoms with Gasteiger partial charge in [0.1, 0.15) is 12.1 Å². The van der Waals surface area contributed by atoms with Gasteiger partial charge < -0.3 is 14.7 Å². The lowest BCUT2D eigenvalue weighted by atomic mass is 10.3. The van der Waals surface area contributed by atoms with Gasteiger partial charge in [-0.3, -0.25) is 4.79 Å². The van der Waals surface area contributed by atoms with Crippen LogP contribution in [0.4, 0.5) is 5.82 Å². The number of hydrogen-bond acceptors (Lipinski definition) is 5. The molecule has 0 aromatic carbocycles. The topological polar surface area (TPSA) is 75.5 Å². The number of carboxylic acid groups (broad SMARTS) is 1. The Labute approximate surface area is 112 Å². The smallest absolute Gasteiger partial charge is 0.305 e. The van der Waals surface area contributed by atoms with Crippen LogP contribution in [0.2, 0.25) is 0 Å². The van der Waals surface area contributed by atoms with Gasteiger partial charge in [0, 0.05) is 18.7 Å².